The third-order valence-corrected chi connectivity index (χ3v) is 10.9. The molecule has 0 amide bonds. The van der Waals surface area contributed by atoms with Crippen LogP contribution in [-0.2, 0) is 28.6 Å². The van der Waals surface area contributed by atoms with Crippen molar-refractivity contribution in [2.45, 2.75) is 188 Å². The van der Waals surface area contributed by atoms with E-state index in [0.717, 1.165) is 0 Å². The number of hydrogen-bond donors (Lipinski definition) is 3. The van der Waals surface area contributed by atoms with Gasteiger partial charge in [-0.05, 0) is 65.7 Å². The van der Waals surface area contributed by atoms with E-state index in [1.165, 1.54) is 15.2 Å². The van der Waals surface area contributed by atoms with E-state index in [4.69, 9.17) is 14.2 Å². The molecule has 0 radical (unpaired) electrons. The summed E-state index contributed by atoms with van der Waals surface area (Å²) in [5, 5.41) is 36.4. The predicted molar refractivity (Wildman–Crippen MR) is 179 cm³/mol. The van der Waals surface area contributed by atoms with Gasteiger partial charge in [0.2, 0.25) is 0 Å². The van der Waals surface area contributed by atoms with Crippen molar-refractivity contribution in [2.24, 2.45) is 23.7 Å². The fourth-order valence-corrected chi connectivity index (χ4v) is 7.92. The van der Waals surface area contributed by atoms with Gasteiger partial charge in [-0.2, -0.15) is 15.2 Å². The summed E-state index contributed by atoms with van der Waals surface area (Å²) >= 11 is 0. The molecule has 3 N–H and O–H groups in total. The molecule has 3 aliphatic rings. The molecule has 0 aromatic heterocycles. The lowest BCUT2D eigenvalue weighted by Gasteiger charge is -2.48. The van der Waals surface area contributed by atoms with Crippen LogP contribution in [0.4, 0.5) is 0 Å². The summed E-state index contributed by atoms with van der Waals surface area (Å²) in [6.45, 7) is 23.4. The molecule has 0 aliphatic carbocycles. The second-order valence-corrected chi connectivity index (χ2v) is 17.5. The van der Waals surface area contributed by atoms with Crippen molar-refractivity contribution in [1.82, 2.24) is 15.2 Å². The number of hydroxylamine groups is 6. The van der Waals surface area contributed by atoms with Crippen LogP contribution in [0.15, 0.2) is 0 Å². The second kappa shape index (κ2) is 15.6. The van der Waals surface area contributed by atoms with Gasteiger partial charge in [-0.15, -0.1) is 0 Å². The quantitative estimate of drug-likeness (QED) is 0.134. The number of esters is 3. The lowest BCUT2D eigenvalue weighted by atomic mass is 9.82. The van der Waals surface area contributed by atoms with Crippen molar-refractivity contribution in [2.75, 3.05) is 0 Å². The molecule has 0 bridgehead atoms. The zero-order valence-corrected chi connectivity index (χ0v) is 31.6. The summed E-state index contributed by atoms with van der Waals surface area (Å²) in [6, 6.07) is -0.664. The molecule has 3 heterocycles. The SMILES string of the molecule is CC(C)C1CC(OC(=O)CCC(C(=O)OC2CC(C(C)C)N(O)C(C)(C)C2)C(=O)OC2CC(C(C)C)N(O)C(C)(C)C2)CC(C)(C)N1O. The standard InChI is InChI=1S/C36H65N3O9/c1-21(2)28-15-24(18-34(7,8)37(28)43)46-31(40)14-13-27(32(41)47-25-16-29(22(3)4)38(44)35(9,10)19-25)33(42)48-26-17-30(23(5)6)39(45)36(11,12)20-26/h21-30,43-45H,13-20H2,1-12H3. The van der Waals surface area contributed by atoms with Crippen LogP contribution >= 0.6 is 0 Å². The number of hydrogen-bond acceptors (Lipinski definition) is 12. The Morgan fingerprint density at radius 1 is 0.583 bits per heavy atom. The zero-order chi connectivity index (χ0) is 36.5. The number of carbonyl (C=O) groups is 3. The highest BCUT2D eigenvalue weighted by Crippen LogP contribution is 2.38. The monoisotopic (exact) mass is 683 g/mol. The maximum absolute atomic E-state index is 13.8. The Morgan fingerprint density at radius 2 is 0.875 bits per heavy atom. The van der Waals surface area contributed by atoms with Gasteiger partial charge in [-0.1, -0.05) is 41.5 Å². The number of piperidine rings is 3. The van der Waals surface area contributed by atoms with Gasteiger partial charge < -0.3 is 29.8 Å². The smallest absolute Gasteiger partial charge is 0.320 e. The van der Waals surface area contributed by atoms with Crippen LogP contribution in [0.1, 0.15) is 134 Å². The summed E-state index contributed by atoms with van der Waals surface area (Å²) in [5.74, 6) is -3.05. The molecule has 48 heavy (non-hydrogen) atoms. The molecule has 3 aliphatic heterocycles. The Labute approximate surface area is 288 Å². The van der Waals surface area contributed by atoms with E-state index in [2.05, 4.69) is 0 Å². The van der Waals surface area contributed by atoms with Crippen LogP contribution in [-0.4, -0.2) is 102 Å². The van der Waals surface area contributed by atoms with E-state index >= 15 is 0 Å². The molecule has 3 rings (SSSR count). The Bertz CT molecular complexity index is 1070. The van der Waals surface area contributed by atoms with E-state index in [9.17, 15) is 30.0 Å². The van der Waals surface area contributed by atoms with Gasteiger partial charge in [0.15, 0.2) is 5.92 Å². The maximum atomic E-state index is 13.8. The molecule has 3 fully saturated rings. The van der Waals surface area contributed by atoms with Crippen LogP contribution in [0.25, 0.3) is 0 Å². The highest BCUT2D eigenvalue weighted by molar-refractivity contribution is 5.95. The summed E-state index contributed by atoms with van der Waals surface area (Å²) < 4.78 is 17.9. The predicted octanol–water partition coefficient (Wildman–Crippen LogP) is 5.98. The summed E-state index contributed by atoms with van der Waals surface area (Å²) in [6.07, 6.45) is 0.656. The largest absolute Gasteiger partial charge is 0.462 e. The first-order valence-corrected chi connectivity index (χ1v) is 18.0. The molecular weight excluding hydrogens is 618 g/mol. The summed E-state index contributed by atoms with van der Waals surface area (Å²) in [4.78, 5) is 40.9. The Balaban J connectivity index is 1.77. The van der Waals surface area contributed by atoms with Crippen LogP contribution in [0.2, 0.25) is 0 Å². The number of carbonyl (C=O) groups excluding carboxylic acids is 3. The van der Waals surface area contributed by atoms with Gasteiger partial charge >= 0.3 is 17.9 Å². The Morgan fingerprint density at radius 3 is 1.17 bits per heavy atom. The lowest BCUT2D eigenvalue weighted by molar-refractivity contribution is -0.242. The highest BCUT2D eigenvalue weighted by Gasteiger charge is 2.47. The van der Waals surface area contributed by atoms with Gasteiger partial charge in [0.1, 0.15) is 18.3 Å². The van der Waals surface area contributed by atoms with Gasteiger partial charge in [0, 0.05) is 79.7 Å². The van der Waals surface area contributed by atoms with Gasteiger partial charge in [-0.25, -0.2) is 0 Å². The van der Waals surface area contributed by atoms with Crippen molar-refractivity contribution >= 4 is 17.9 Å². The Kier molecular flexibility index (Phi) is 13.2. The fourth-order valence-electron chi connectivity index (χ4n) is 7.92. The third-order valence-electron chi connectivity index (χ3n) is 10.9. The molecule has 0 aromatic carbocycles. The Hall–Kier alpha value is -1.83. The first kappa shape index (κ1) is 40.6. The minimum Gasteiger partial charge on any atom is -0.462 e. The minimum atomic E-state index is -1.35. The maximum Gasteiger partial charge on any atom is 0.320 e. The van der Waals surface area contributed by atoms with Crippen molar-refractivity contribution < 1.29 is 44.2 Å². The third kappa shape index (κ3) is 9.69. The van der Waals surface area contributed by atoms with Gasteiger partial charge in [-0.3, -0.25) is 14.4 Å². The summed E-state index contributed by atoms with van der Waals surface area (Å²) in [5.41, 5.74) is -1.90. The molecule has 0 aromatic rings. The summed E-state index contributed by atoms with van der Waals surface area (Å²) in [7, 11) is 0. The van der Waals surface area contributed by atoms with Crippen LogP contribution in [0.3, 0.4) is 0 Å². The van der Waals surface area contributed by atoms with E-state index in [1.807, 2.05) is 83.1 Å². The lowest BCUT2D eigenvalue weighted by Crippen LogP contribution is -2.58. The molecule has 6 unspecified atom stereocenters. The molecule has 12 heteroatoms. The van der Waals surface area contributed by atoms with Crippen molar-refractivity contribution in [3.05, 3.63) is 0 Å². The van der Waals surface area contributed by atoms with E-state index in [1.54, 1.807) is 0 Å². The zero-order valence-electron chi connectivity index (χ0n) is 31.6. The van der Waals surface area contributed by atoms with E-state index in [0.29, 0.717) is 38.5 Å². The van der Waals surface area contributed by atoms with E-state index < -0.39 is 58.8 Å². The van der Waals surface area contributed by atoms with Crippen LogP contribution in [0.5, 0.6) is 0 Å². The number of nitrogens with zero attached hydrogens (tertiary/aromatic N) is 3. The van der Waals surface area contributed by atoms with Gasteiger partial charge in [0.25, 0.3) is 0 Å². The molecule has 0 saturated carbocycles. The molecule has 6 atom stereocenters. The normalized spacial score (nSPS) is 31.9. The molecule has 0 spiro atoms. The number of rotatable bonds is 11. The van der Waals surface area contributed by atoms with E-state index in [-0.39, 0.29) is 48.7 Å². The number of ether oxygens (including phenoxy) is 3. The molecule has 12 nitrogen and oxygen atoms in total. The fraction of sp³-hybridized carbons (Fsp3) is 0.917. The first-order valence-electron chi connectivity index (χ1n) is 18.0. The van der Waals surface area contributed by atoms with Crippen molar-refractivity contribution in [3.8, 4) is 0 Å². The minimum absolute atomic E-state index is 0.0962. The molecule has 3 saturated heterocycles. The average molecular weight is 684 g/mol. The van der Waals surface area contributed by atoms with Crippen molar-refractivity contribution in [3.63, 3.8) is 0 Å². The first-order chi connectivity index (χ1) is 22.0. The van der Waals surface area contributed by atoms with Crippen LogP contribution in [0, 0.1) is 23.7 Å². The topological polar surface area (TPSA) is 149 Å². The van der Waals surface area contributed by atoms with Gasteiger partial charge in [0.05, 0.1) is 0 Å². The molecular formula is C36H65N3O9. The second-order valence-electron chi connectivity index (χ2n) is 17.5. The van der Waals surface area contributed by atoms with Crippen molar-refractivity contribution in [1.29, 1.82) is 0 Å². The highest BCUT2D eigenvalue weighted by atomic mass is 16.6. The van der Waals surface area contributed by atoms with Crippen LogP contribution < -0.4 is 0 Å². The average Bonchev–Trinajstić information content (AvgIpc) is 2.93. The molecule has 278 valence electrons.